The predicted molar refractivity (Wildman–Crippen MR) is 156 cm³/mol. The molecule has 6 atom stereocenters. The molecule has 3 amide bonds. The van der Waals surface area contributed by atoms with Crippen molar-refractivity contribution in [3.05, 3.63) is 65.2 Å². The van der Waals surface area contributed by atoms with Crippen molar-refractivity contribution in [3.63, 3.8) is 0 Å². The van der Waals surface area contributed by atoms with Gasteiger partial charge in [-0.2, -0.15) is 0 Å². The summed E-state index contributed by atoms with van der Waals surface area (Å²) in [7, 11) is 0. The van der Waals surface area contributed by atoms with Crippen molar-refractivity contribution in [1.29, 1.82) is 0 Å². The van der Waals surface area contributed by atoms with Crippen molar-refractivity contribution in [1.82, 2.24) is 10.2 Å². The number of hydrogen-bond donors (Lipinski definition) is 3. The number of nitrogens with zero attached hydrogens (tertiary/aromatic N) is 1. The topological polar surface area (TPSA) is 108 Å². The molecule has 3 aliphatic rings. The molecule has 3 saturated heterocycles. The Morgan fingerprint density at radius 1 is 1.02 bits per heavy atom. The minimum Gasteiger partial charge on any atom is -0.396 e. The lowest BCUT2D eigenvalue weighted by Crippen LogP contribution is -2.54. The summed E-state index contributed by atoms with van der Waals surface area (Å²) in [4.78, 5) is 43.4. The van der Waals surface area contributed by atoms with Crippen LogP contribution in [0.5, 0.6) is 0 Å². The number of carbonyl (C=O) groups excluding carboxylic acids is 3. The maximum absolute atomic E-state index is 14.1. The SMILES string of the molecule is Cc1cccc(C)c1NC(=O)C1N(CCCCCCO)C(=O)[C@@H]2[C@H](C(=O)NCc3ccccc3)[C@H]3OC12CC3Br. The Kier molecular flexibility index (Phi) is 8.63. The van der Waals surface area contributed by atoms with E-state index in [9.17, 15) is 14.4 Å². The highest BCUT2D eigenvalue weighted by atomic mass is 79.9. The third-order valence-electron chi connectivity index (χ3n) is 8.69. The number of nitrogens with one attached hydrogen (secondary N) is 2. The number of benzene rings is 2. The molecule has 0 saturated carbocycles. The molecular formula is C31H38BrN3O5. The molecule has 1 spiro atoms. The van der Waals surface area contributed by atoms with Crippen LogP contribution in [0.15, 0.2) is 48.5 Å². The van der Waals surface area contributed by atoms with Crippen molar-refractivity contribution >= 4 is 39.3 Å². The molecular weight excluding hydrogens is 574 g/mol. The van der Waals surface area contributed by atoms with E-state index in [4.69, 9.17) is 9.84 Å². The van der Waals surface area contributed by atoms with Crippen LogP contribution in [0, 0.1) is 25.7 Å². The van der Waals surface area contributed by atoms with Gasteiger partial charge >= 0.3 is 0 Å². The number of alkyl halides is 1. The fourth-order valence-corrected chi connectivity index (χ4v) is 7.77. The van der Waals surface area contributed by atoms with Gasteiger partial charge in [0.25, 0.3) is 0 Å². The first-order valence-corrected chi connectivity index (χ1v) is 15.1. The summed E-state index contributed by atoms with van der Waals surface area (Å²) in [5, 5.41) is 15.3. The number of hydrogen-bond acceptors (Lipinski definition) is 5. The first-order chi connectivity index (χ1) is 19.3. The molecule has 3 aliphatic heterocycles. The number of unbranched alkanes of at least 4 members (excludes halogenated alkanes) is 3. The maximum atomic E-state index is 14.1. The number of ether oxygens (including phenoxy) is 1. The molecule has 5 rings (SSSR count). The Labute approximate surface area is 244 Å². The fourth-order valence-electron chi connectivity index (χ4n) is 6.82. The quantitative estimate of drug-likeness (QED) is 0.264. The molecule has 3 fully saturated rings. The Hall–Kier alpha value is -2.75. The van der Waals surface area contributed by atoms with Gasteiger partial charge in [-0.05, 0) is 49.8 Å². The summed E-state index contributed by atoms with van der Waals surface area (Å²) in [5.74, 6) is -2.12. The molecule has 2 bridgehead atoms. The zero-order chi connectivity index (χ0) is 28.4. The molecule has 3 unspecified atom stereocenters. The Bertz CT molecular complexity index is 1240. The fraction of sp³-hybridized carbons (Fsp3) is 0.516. The van der Waals surface area contributed by atoms with Crippen LogP contribution in [-0.4, -0.2) is 63.5 Å². The molecule has 8 nitrogen and oxygen atoms in total. The number of aliphatic hydroxyl groups excluding tert-OH is 1. The second-order valence-electron chi connectivity index (χ2n) is 11.3. The second-order valence-corrected chi connectivity index (χ2v) is 12.5. The first kappa shape index (κ1) is 28.8. The maximum Gasteiger partial charge on any atom is 0.250 e. The molecule has 40 heavy (non-hydrogen) atoms. The zero-order valence-electron chi connectivity index (χ0n) is 23.1. The first-order valence-electron chi connectivity index (χ1n) is 14.2. The van der Waals surface area contributed by atoms with E-state index in [1.807, 2.05) is 62.4 Å². The highest BCUT2D eigenvalue weighted by Gasteiger charge is 2.76. The van der Waals surface area contributed by atoms with Crippen LogP contribution in [0.2, 0.25) is 0 Å². The van der Waals surface area contributed by atoms with Crippen LogP contribution in [0.4, 0.5) is 5.69 Å². The number of aryl methyl sites for hydroxylation is 2. The van der Waals surface area contributed by atoms with Crippen LogP contribution in [0.25, 0.3) is 0 Å². The van der Waals surface area contributed by atoms with Crippen molar-refractivity contribution in [2.24, 2.45) is 11.8 Å². The predicted octanol–water partition coefficient (Wildman–Crippen LogP) is 3.86. The number of carbonyl (C=O) groups is 3. The molecule has 0 aliphatic carbocycles. The largest absolute Gasteiger partial charge is 0.396 e. The van der Waals surface area contributed by atoms with Gasteiger partial charge in [-0.3, -0.25) is 14.4 Å². The number of rotatable bonds is 11. The molecule has 3 N–H and O–H groups in total. The zero-order valence-corrected chi connectivity index (χ0v) is 24.7. The summed E-state index contributed by atoms with van der Waals surface area (Å²) in [6.45, 7) is 4.78. The Morgan fingerprint density at radius 2 is 1.73 bits per heavy atom. The lowest BCUT2D eigenvalue weighted by atomic mass is 9.70. The van der Waals surface area contributed by atoms with E-state index in [1.165, 1.54) is 0 Å². The molecule has 214 valence electrons. The van der Waals surface area contributed by atoms with Gasteiger partial charge in [-0.25, -0.2) is 0 Å². The molecule has 2 aromatic carbocycles. The number of anilines is 1. The van der Waals surface area contributed by atoms with Gasteiger partial charge in [0.05, 0.1) is 17.9 Å². The summed E-state index contributed by atoms with van der Waals surface area (Å²) in [6.07, 6.45) is 3.07. The molecule has 9 heteroatoms. The average molecular weight is 613 g/mol. The van der Waals surface area contributed by atoms with E-state index in [-0.39, 0.29) is 29.2 Å². The number of amides is 3. The van der Waals surface area contributed by atoms with Crippen LogP contribution < -0.4 is 10.6 Å². The Balaban J connectivity index is 1.43. The summed E-state index contributed by atoms with van der Waals surface area (Å²) < 4.78 is 6.60. The van der Waals surface area contributed by atoms with Gasteiger partial charge in [0.2, 0.25) is 17.7 Å². The van der Waals surface area contributed by atoms with Crippen molar-refractivity contribution in [2.45, 2.75) is 75.1 Å². The minimum absolute atomic E-state index is 0.135. The van der Waals surface area contributed by atoms with E-state index in [1.54, 1.807) is 4.90 Å². The lowest BCUT2D eigenvalue weighted by Gasteiger charge is -2.34. The number of para-hydroxylation sites is 1. The van der Waals surface area contributed by atoms with Gasteiger partial charge in [0.1, 0.15) is 11.6 Å². The van der Waals surface area contributed by atoms with Crippen LogP contribution in [0.3, 0.4) is 0 Å². The van der Waals surface area contributed by atoms with Crippen LogP contribution >= 0.6 is 15.9 Å². The van der Waals surface area contributed by atoms with Gasteiger partial charge < -0.3 is 25.4 Å². The molecule has 3 heterocycles. The lowest BCUT2D eigenvalue weighted by molar-refractivity contribution is -0.140. The highest BCUT2D eigenvalue weighted by Crippen LogP contribution is 2.60. The van der Waals surface area contributed by atoms with Crippen molar-refractivity contribution in [2.75, 3.05) is 18.5 Å². The molecule has 0 radical (unpaired) electrons. The normalized spacial score (nSPS) is 28.6. The summed E-state index contributed by atoms with van der Waals surface area (Å²) in [5.41, 5.74) is 2.50. The van der Waals surface area contributed by atoms with Gasteiger partial charge in [0, 0.05) is 30.2 Å². The van der Waals surface area contributed by atoms with E-state index in [0.29, 0.717) is 32.4 Å². The average Bonchev–Trinajstić information content (AvgIpc) is 3.53. The highest BCUT2D eigenvalue weighted by molar-refractivity contribution is 9.09. The van der Waals surface area contributed by atoms with Crippen LogP contribution in [0.1, 0.15) is 48.8 Å². The van der Waals surface area contributed by atoms with Crippen molar-refractivity contribution < 1.29 is 24.2 Å². The second kappa shape index (κ2) is 12.0. The molecule has 0 aromatic heterocycles. The Morgan fingerprint density at radius 3 is 2.42 bits per heavy atom. The standard InChI is InChI=1S/C31H38BrN3O5/c1-19-11-10-12-20(2)25(19)34-29(38)27-31-17-22(32)26(40-31)23(28(37)33-18-21-13-6-5-7-14-21)24(31)30(39)35(27)15-8-3-4-9-16-36/h5-7,10-14,22-24,26-27,36H,3-4,8-9,15-18H2,1-2H3,(H,33,37)(H,34,38)/t22?,23-,24-,26-,27?,31?/m0/s1. The number of aliphatic hydroxyl groups is 1. The smallest absolute Gasteiger partial charge is 0.250 e. The van der Waals surface area contributed by atoms with Gasteiger partial charge in [-0.15, -0.1) is 0 Å². The number of fused-ring (bicyclic) bond motifs is 1. The van der Waals surface area contributed by atoms with Crippen LogP contribution in [-0.2, 0) is 25.7 Å². The van der Waals surface area contributed by atoms with Gasteiger partial charge in [0.15, 0.2) is 0 Å². The van der Waals surface area contributed by atoms with E-state index >= 15 is 0 Å². The number of halogens is 1. The third-order valence-corrected chi connectivity index (χ3v) is 9.53. The van der Waals surface area contributed by atoms with E-state index < -0.39 is 29.6 Å². The van der Waals surface area contributed by atoms with E-state index in [0.717, 1.165) is 35.2 Å². The third kappa shape index (κ3) is 5.19. The van der Waals surface area contributed by atoms with Gasteiger partial charge in [-0.1, -0.05) is 77.3 Å². The van der Waals surface area contributed by atoms with Crippen molar-refractivity contribution in [3.8, 4) is 0 Å². The summed E-state index contributed by atoms with van der Waals surface area (Å²) in [6, 6.07) is 14.6. The van der Waals surface area contributed by atoms with E-state index in [2.05, 4.69) is 26.6 Å². The summed E-state index contributed by atoms with van der Waals surface area (Å²) >= 11 is 3.73. The molecule has 2 aromatic rings. The number of likely N-dealkylation sites (tertiary alicyclic amines) is 1. The monoisotopic (exact) mass is 611 g/mol. The minimum atomic E-state index is -1.09.